The molecule has 0 bridgehead atoms. The van der Waals surface area contributed by atoms with Crippen molar-refractivity contribution in [2.24, 2.45) is 7.05 Å². The van der Waals surface area contributed by atoms with Gasteiger partial charge in [-0.1, -0.05) is 77.9 Å². The molecule has 5 nitrogen and oxygen atoms in total. The van der Waals surface area contributed by atoms with Gasteiger partial charge in [-0.3, -0.25) is 0 Å². The predicted molar refractivity (Wildman–Crippen MR) is 167 cm³/mol. The first kappa shape index (κ1) is 25.6. The van der Waals surface area contributed by atoms with Crippen LogP contribution in [-0.4, -0.2) is 15.0 Å². The van der Waals surface area contributed by atoms with Crippen molar-refractivity contribution in [3.63, 3.8) is 0 Å². The molecule has 0 fully saturated rings. The SMILES string of the molecule is Cc1c2c(cc3ccccc13)Oc1cc3ccc(-c4nc(C(C)(C)C)nc(C(C)(C)C)n4)cc3c3cc[n+](C)c-2c13. The number of benzene rings is 4. The summed E-state index contributed by atoms with van der Waals surface area (Å²) in [6.07, 6.45) is 2.16. The molecule has 0 radical (unpaired) electrons. The second-order valence-corrected chi connectivity index (χ2v) is 13.4. The molecule has 0 aliphatic carbocycles. The highest BCUT2D eigenvalue weighted by Gasteiger charge is 2.31. The number of nitrogens with zero attached hydrogens (tertiary/aromatic N) is 4. The largest absolute Gasteiger partial charge is 0.456 e. The van der Waals surface area contributed by atoms with E-state index in [1.54, 1.807) is 0 Å². The third-order valence-corrected chi connectivity index (χ3v) is 8.16. The molecule has 1 aliphatic heterocycles. The summed E-state index contributed by atoms with van der Waals surface area (Å²) < 4.78 is 8.90. The van der Waals surface area contributed by atoms with Gasteiger partial charge >= 0.3 is 0 Å². The minimum atomic E-state index is -0.191. The molecule has 5 heteroatoms. The quantitative estimate of drug-likeness (QED) is 0.155. The Balaban J connectivity index is 1.51. The lowest BCUT2D eigenvalue weighted by atomic mass is 9.90. The van der Waals surface area contributed by atoms with Crippen molar-refractivity contribution in [3.05, 3.63) is 84.1 Å². The predicted octanol–water partition coefficient (Wildman–Crippen LogP) is 8.50. The van der Waals surface area contributed by atoms with E-state index in [0.717, 1.165) is 55.8 Å². The van der Waals surface area contributed by atoms with Crippen molar-refractivity contribution in [3.8, 4) is 34.1 Å². The fourth-order valence-electron chi connectivity index (χ4n) is 5.94. The number of hydrogen-bond acceptors (Lipinski definition) is 4. The fraction of sp³-hybridized carbons (Fsp3) is 0.278. The van der Waals surface area contributed by atoms with E-state index in [4.69, 9.17) is 19.7 Å². The van der Waals surface area contributed by atoms with Crippen LogP contribution in [-0.2, 0) is 17.9 Å². The first-order valence-electron chi connectivity index (χ1n) is 14.3. The van der Waals surface area contributed by atoms with Crippen LogP contribution < -0.4 is 9.30 Å². The topological polar surface area (TPSA) is 51.8 Å². The molecule has 41 heavy (non-hydrogen) atoms. The third kappa shape index (κ3) is 3.98. The molecule has 7 rings (SSSR count). The van der Waals surface area contributed by atoms with Crippen LogP contribution in [0.15, 0.2) is 66.9 Å². The van der Waals surface area contributed by atoms with Crippen molar-refractivity contribution < 1.29 is 9.30 Å². The number of fused-ring (bicyclic) bond motifs is 5. The van der Waals surface area contributed by atoms with E-state index < -0.39 is 0 Å². The molecule has 1 aliphatic rings. The molecule has 2 aromatic heterocycles. The first-order chi connectivity index (χ1) is 19.4. The summed E-state index contributed by atoms with van der Waals surface area (Å²) in [5.74, 6) is 4.13. The second-order valence-electron chi connectivity index (χ2n) is 13.4. The van der Waals surface area contributed by atoms with Crippen LogP contribution in [0.3, 0.4) is 0 Å². The zero-order chi connectivity index (χ0) is 28.8. The number of aromatic nitrogens is 4. The maximum absolute atomic E-state index is 6.68. The minimum Gasteiger partial charge on any atom is -0.456 e. The summed E-state index contributed by atoms with van der Waals surface area (Å²) >= 11 is 0. The van der Waals surface area contributed by atoms with E-state index in [2.05, 4.69) is 127 Å². The van der Waals surface area contributed by atoms with Gasteiger partial charge in [0.05, 0.1) is 10.9 Å². The van der Waals surface area contributed by atoms with Crippen LogP contribution >= 0.6 is 0 Å². The summed E-state index contributed by atoms with van der Waals surface area (Å²) in [7, 11) is 2.12. The number of pyridine rings is 1. The lowest BCUT2D eigenvalue weighted by Gasteiger charge is -2.23. The van der Waals surface area contributed by atoms with Gasteiger partial charge in [-0.25, -0.2) is 19.5 Å². The standard InChI is InChI=1S/C36H35N4O/c1-20-24-12-10-9-11-21(24)18-27-29(20)31-30-25(15-16-40(31)8)26-17-23(14-13-22(26)19-28(30)41-27)32-37-33(35(2,3)4)39-34(38-32)36(5,6)7/h9-19H,1-8H3/q+1. The maximum Gasteiger partial charge on any atom is 0.228 e. The molecule has 0 spiro atoms. The molecular weight excluding hydrogens is 504 g/mol. The van der Waals surface area contributed by atoms with Crippen LogP contribution in [0.5, 0.6) is 11.5 Å². The molecule has 6 aromatic rings. The second kappa shape index (κ2) is 8.56. The van der Waals surface area contributed by atoms with E-state index in [0.29, 0.717) is 5.82 Å². The van der Waals surface area contributed by atoms with E-state index in [1.807, 2.05) is 0 Å². The highest BCUT2D eigenvalue weighted by Crippen LogP contribution is 2.50. The summed E-state index contributed by atoms with van der Waals surface area (Å²) in [5.41, 5.74) is 4.17. The molecule has 0 unspecified atom stereocenters. The fourth-order valence-corrected chi connectivity index (χ4v) is 5.94. The van der Waals surface area contributed by atoms with Crippen LogP contribution in [0.1, 0.15) is 58.8 Å². The average molecular weight is 540 g/mol. The lowest BCUT2D eigenvalue weighted by Crippen LogP contribution is -2.31. The van der Waals surface area contributed by atoms with Gasteiger partial charge in [0.1, 0.15) is 30.2 Å². The van der Waals surface area contributed by atoms with Crippen molar-refractivity contribution in [2.45, 2.75) is 59.3 Å². The number of rotatable bonds is 1. The summed E-state index contributed by atoms with van der Waals surface area (Å²) in [6, 6.07) is 21.6. The van der Waals surface area contributed by atoms with Crippen molar-refractivity contribution >= 4 is 32.3 Å². The maximum atomic E-state index is 6.68. The normalized spacial score (nSPS) is 13.1. The smallest absolute Gasteiger partial charge is 0.228 e. The summed E-state index contributed by atoms with van der Waals surface area (Å²) in [6.45, 7) is 15.1. The Labute approximate surface area is 240 Å². The van der Waals surface area contributed by atoms with Crippen LogP contribution in [0, 0.1) is 6.92 Å². The monoisotopic (exact) mass is 539 g/mol. The highest BCUT2D eigenvalue weighted by molar-refractivity contribution is 6.16. The van der Waals surface area contributed by atoms with Crippen LogP contribution in [0.4, 0.5) is 0 Å². The zero-order valence-electron chi connectivity index (χ0n) is 25.0. The van der Waals surface area contributed by atoms with Crippen LogP contribution in [0.2, 0.25) is 0 Å². The van der Waals surface area contributed by atoms with Gasteiger partial charge in [0.2, 0.25) is 5.69 Å². The Morgan fingerprint density at radius 3 is 2.05 bits per heavy atom. The summed E-state index contributed by atoms with van der Waals surface area (Å²) in [5, 5.41) is 7.01. The van der Waals surface area contributed by atoms with Gasteiger partial charge in [0.25, 0.3) is 0 Å². The molecule has 0 N–H and O–H groups in total. The molecule has 204 valence electrons. The summed E-state index contributed by atoms with van der Waals surface area (Å²) in [4.78, 5) is 14.8. The number of hydrogen-bond donors (Lipinski definition) is 0. The minimum absolute atomic E-state index is 0.191. The van der Waals surface area contributed by atoms with Crippen molar-refractivity contribution in [2.75, 3.05) is 0 Å². The van der Waals surface area contributed by atoms with Crippen LogP contribution in [0.25, 0.3) is 55.0 Å². The zero-order valence-corrected chi connectivity index (χ0v) is 25.0. The van der Waals surface area contributed by atoms with E-state index in [9.17, 15) is 0 Å². The van der Waals surface area contributed by atoms with Gasteiger partial charge in [-0.15, -0.1) is 0 Å². The molecule has 3 heterocycles. The molecule has 0 atom stereocenters. The van der Waals surface area contributed by atoms with E-state index in [1.165, 1.54) is 22.0 Å². The average Bonchev–Trinajstić information content (AvgIpc) is 2.92. The van der Waals surface area contributed by atoms with E-state index >= 15 is 0 Å². The van der Waals surface area contributed by atoms with Crippen molar-refractivity contribution in [1.82, 2.24) is 15.0 Å². The van der Waals surface area contributed by atoms with Gasteiger partial charge in [0, 0.05) is 27.8 Å². The lowest BCUT2D eigenvalue weighted by molar-refractivity contribution is -0.659. The van der Waals surface area contributed by atoms with Gasteiger partial charge in [-0.05, 0) is 52.2 Å². The molecule has 0 saturated heterocycles. The molecule has 4 aromatic carbocycles. The first-order valence-corrected chi connectivity index (χ1v) is 14.3. The Morgan fingerprint density at radius 1 is 0.683 bits per heavy atom. The molecule has 0 amide bonds. The Hall–Kier alpha value is -4.38. The third-order valence-electron chi connectivity index (χ3n) is 8.16. The molecule has 0 saturated carbocycles. The Bertz CT molecular complexity index is 2030. The van der Waals surface area contributed by atoms with Gasteiger partial charge in [-0.2, -0.15) is 0 Å². The Kier molecular flexibility index (Phi) is 5.34. The number of ether oxygens (including phenoxy) is 1. The van der Waals surface area contributed by atoms with E-state index in [-0.39, 0.29) is 10.8 Å². The Morgan fingerprint density at radius 2 is 1.34 bits per heavy atom. The molecular formula is C36H35N4O+. The van der Waals surface area contributed by atoms with Crippen molar-refractivity contribution in [1.29, 1.82) is 0 Å². The number of aryl methyl sites for hydroxylation is 2. The highest BCUT2D eigenvalue weighted by atomic mass is 16.5. The van der Waals surface area contributed by atoms with Gasteiger partial charge in [0.15, 0.2) is 12.0 Å². The van der Waals surface area contributed by atoms with Gasteiger partial charge < -0.3 is 4.74 Å².